The average Bonchev–Trinajstić information content (AvgIpc) is 2.40. The Morgan fingerprint density at radius 2 is 0.864 bits per heavy atom. The maximum atomic E-state index is 10.1. The molecule has 0 fully saturated rings. The molecule has 0 radical (unpaired) electrons. The Labute approximate surface area is 126 Å². The fourth-order valence-corrected chi connectivity index (χ4v) is 0.668. The van der Waals surface area contributed by atoms with Gasteiger partial charge in [-0.2, -0.15) is 0 Å². The number of ketones is 3. The van der Waals surface area contributed by atoms with Gasteiger partial charge in [-0.15, -0.1) is 0 Å². The van der Waals surface area contributed by atoms with Gasteiger partial charge < -0.3 is 15.3 Å². The molecule has 0 saturated heterocycles. The van der Waals surface area contributed by atoms with E-state index in [4.69, 9.17) is 15.3 Å². The lowest BCUT2D eigenvalue weighted by Gasteiger charge is -1.85. The molecule has 3 N–H and O–H groups in total. The molecule has 0 aliphatic rings. The van der Waals surface area contributed by atoms with Gasteiger partial charge in [0.25, 0.3) is 0 Å². The molecule has 126 valence electrons. The molecule has 0 aromatic heterocycles. The number of Topliss-reactive ketones (excluding diaryl/α,β-unsaturated/α-hetero) is 3. The van der Waals surface area contributed by atoms with Gasteiger partial charge in [-0.05, 0) is 12.8 Å². The summed E-state index contributed by atoms with van der Waals surface area (Å²) in [5.41, 5.74) is 0. The topological polar surface area (TPSA) is 163 Å². The molecule has 0 aromatic rings. The van der Waals surface area contributed by atoms with Crippen LogP contribution in [0.5, 0.6) is 0 Å². The minimum absolute atomic E-state index is 0.148. The van der Waals surface area contributed by atoms with Crippen molar-refractivity contribution in [2.75, 3.05) is 0 Å². The van der Waals surface area contributed by atoms with Crippen LogP contribution in [0.3, 0.4) is 0 Å². The van der Waals surface area contributed by atoms with Crippen molar-refractivity contribution in [3.8, 4) is 0 Å². The third kappa shape index (κ3) is 19.8. The van der Waals surface area contributed by atoms with Crippen LogP contribution in [0.4, 0.5) is 0 Å². The first-order valence-electron chi connectivity index (χ1n) is 6.27. The van der Waals surface area contributed by atoms with Crippen LogP contribution in [0.15, 0.2) is 0 Å². The van der Waals surface area contributed by atoms with Crippen LogP contribution in [0.25, 0.3) is 0 Å². The molecule has 0 unspecified atom stereocenters. The summed E-state index contributed by atoms with van der Waals surface area (Å²) < 4.78 is 0. The van der Waals surface area contributed by atoms with E-state index in [0.717, 1.165) is 6.92 Å². The zero-order chi connectivity index (χ0) is 18.3. The molecule has 9 nitrogen and oxygen atoms in total. The van der Waals surface area contributed by atoms with E-state index in [9.17, 15) is 28.8 Å². The molecule has 0 aliphatic heterocycles. The number of hydrogen-bond acceptors (Lipinski definition) is 6. The number of carbonyl (C=O) groups is 6. The minimum atomic E-state index is -1.38. The zero-order valence-corrected chi connectivity index (χ0v) is 12.6. The van der Waals surface area contributed by atoms with E-state index in [0.29, 0.717) is 12.8 Å². The predicted molar refractivity (Wildman–Crippen MR) is 73.4 cm³/mol. The summed E-state index contributed by atoms with van der Waals surface area (Å²) >= 11 is 0. The third-order valence-electron chi connectivity index (χ3n) is 1.73. The van der Waals surface area contributed by atoms with Crippen molar-refractivity contribution in [2.45, 2.75) is 46.5 Å². The Bertz CT molecular complexity index is 383. The van der Waals surface area contributed by atoms with Crippen molar-refractivity contribution in [2.24, 2.45) is 0 Å². The molecule has 22 heavy (non-hydrogen) atoms. The van der Waals surface area contributed by atoms with E-state index in [1.807, 2.05) is 0 Å². The SMILES string of the molecule is CC(=O)C(=O)O.CCCC(=O)C(=O)O.CCCC(=O)C(=O)O. The Balaban J connectivity index is -0.000000249. The van der Waals surface area contributed by atoms with Crippen LogP contribution in [-0.4, -0.2) is 50.6 Å². The second-order valence-electron chi connectivity index (χ2n) is 3.82. The first-order valence-corrected chi connectivity index (χ1v) is 6.27. The summed E-state index contributed by atoms with van der Waals surface area (Å²) in [6.07, 6.45) is 1.50. The molecule has 0 spiro atoms. The van der Waals surface area contributed by atoms with Gasteiger partial charge in [-0.1, -0.05) is 13.8 Å². The lowest BCUT2D eigenvalue weighted by Crippen LogP contribution is -2.10. The number of aliphatic carboxylic acids is 3. The first-order chi connectivity index (χ1) is 10.0. The summed E-state index contributed by atoms with van der Waals surface area (Å²) in [5.74, 6) is -6.26. The van der Waals surface area contributed by atoms with Gasteiger partial charge in [0, 0.05) is 19.8 Å². The van der Waals surface area contributed by atoms with Crippen molar-refractivity contribution in [1.29, 1.82) is 0 Å². The predicted octanol–water partition coefficient (Wildman–Crippen LogP) is 0.540. The number of rotatable bonds is 7. The van der Waals surface area contributed by atoms with Gasteiger partial charge in [0.2, 0.25) is 17.3 Å². The summed E-state index contributed by atoms with van der Waals surface area (Å²) in [4.78, 5) is 58.7. The van der Waals surface area contributed by atoms with Crippen LogP contribution in [0, 0.1) is 0 Å². The zero-order valence-electron chi connectivity index (χ0n) is 12.6. The van der Waals surface area contributed by atoms with Gasteiger partial charge >= 0.3 is 17.9 Å². The van der Waals surface area contributed by atoms with Crippen molar-refractivity contribution < 1.29 is 44.1 Å². The Morgan fingerprint density at radius 3 is 0.909 bits per heavy atom. The summed E-state index contributed by atoms with van der Waals surface area (Å²) in [5, 5.41) is 23.6. The molecule has 0 heterocycles. The highest BCUT2D eigenvalue weighted by Gasteiger charge is 2.08. The Kier molecular flexibility index (Phi) is 16.5. The second-order valence-corrected chi connectivity index (χ2v) is 3.82. The highest BCUT2D eigenvalue weighted by molar-refractivity contribution is 6.33. The number of hydrogen-bond donors (Lipinski definition) is 3. The number of carboxylic acids is 3. The highest BCUT2D eigenvalue weighted by Crippen LogP contribution is 1.87. The highest BCUT2D eigenvalue weighted by atomic mass is 16.4. The molecule has 0 amide bonds. The fourth-order valence-electron chi connectivity index (χ4n) is 0.668. The van der Waals surface area contributed by atoms with E-state index < -0.39 is 35.3 Å². The normalized spacial score (nSPS) is 8.32. The van der Waals surface area contributed by atoms with Gasteiger partial charge in [-0.25, -0.2) is 14.4 Å². The minimum Gasteiger partial charge on any atom is -0.476 e. The molecule has 0 rings (SSSR count). The van der Waals surface area contributed by atoms with Crippen molar-refractivity contribution >= 4 is 35.3 Å². The molecule has 0 aromatic carbocycles. The standard InChI is InChI=1S/2C5H8O3.C3H4O3/c2*1-2-3-4(6)5(7)8;1-2(4)3(5)6/h2*2-3H2,1H3,(H,7,8);1H3,(H,5,6). The number of carbonyl (C=O) groups excluding carboxylic acids is 3. The van der Waals surface area contributed by atoms with E-state index in [-0.39, 0.29) is 12.8 Å². The van der Waals surface area contributed by atoms with Gasteiger partial charge in [0.1, 0.15) is 0 Å². The van der Waals surface area contributed by atoms with Crippen molar-refractivity contribution in [3.63, 3.8) is 0 Å². The van der Waals surface area contributed by atoms with Crippen LogP contribution in [0.1, 0.15) is 46.5 Å². The van der Waals surface area contributed by atoms with Crippen molar-refractivity contribution in [1.82, 2.24) is 0 Å². The van der Waals surface area contributed by atoms with Crippen molar-refractivity contribution in [3.05, 3.63) is 0 Å². The Morgan fingerprint density at radius 1 is 0.636 bits per heavy atom. The summed E-state index contributed by atoms with van der Waals surface area (Å²) in [6, 6.07) is 0. The molecule has 9 heteroatoms. The quantitative estimate of drug-likeness (QED) is 0.568. The van der Waals surface area contributed by atoms with E-state index >= 15 is 0 Å². The molecule has 0 atom stereocenters. The fraction of sp³-hybridized carbons (Fsp3) is 0.538. The second kappa shape index (κ2) is 14.8. The molecule has 0 aliphatic carbocycles. The van der Waals surface area contributed by atoms with Gasteiger partial charge in [0.05, 0.1) is 0 Å². The van der Waals surface area contributed by atoms with E-state index in [1.54, 1.807) is 13.8 Å². The lowest BCUT2D eigenvalue weighted by molar-refractivity contribution is -0.149. The molecular formula is C13H20O9. The summed E-state index contributed by atoms with van der Waals surface area (Å²) in [6.45, 7) is 4.53. The third-order valence-corrected chi connectivity index (χ3v) is 1.73. The smallest absolute Gasteiger partial charge is 0.372 e. The average molecular weight is 320 g/mol. The van der Waals surface area contributed by atoms with Gasteiger partial charge in [0.15, 0.2) is 0 Å². The monoisotopic (exact) mass is 320 g/mol. The number of carboxylic acid groups (broad SMARTS) is 3. The largest absolute Gasteiger partial charge is 0.476 e. The van der Waals surface area contributed by atoms with Crippen LogP contribution < -0.4 is 0 Å². The molecular weight excluding hydrogens is 300 g/mol. The van der Waals surface area contributed by atoms with E-state index in [1.165, 1.54) is 0 Å². The van der Waals surface area contributed by atoms with Crippen LogP contribution in [0.2, 0.25) is 0 Å². The van der Waals surface area contributed by atoms with E-state index in [2.05, 4.69) is 0 Å². The maximum absolute atomic E-state index is 10.1. The molecule has 0 saturated carbocycles. The molecule has 0 bridgehead atoms. The Hall–Kier alpha value is -2.58. The van der Waals surface area contributed by atoms with Crippen LogP contribution >= 0.6 is 0 Å². The van der Waals surface area contributed by atoms with Gasteiger partial charge in [-0.3, -0.25) is 14.4 Å². The maximum Gasteiger partial charge on any atom is 0.372 e. The van der Waals surface area contributed by atoms with Crippen LogP contribution in [-0.2, 0) is 28.8 Å². The lowest BCUT2D eigenvalue weighted by atomic mass is 10.2. The summed E-state index contributed by atoms with van der Waals surface area (Å²) in [7, 11) is 0. The first kappa shape index (κ1) is 24.4.